The Kier molecular flexibility index (Phi) is 5.43. The third-order valence-corrected chi connectivity index (χ3v) is 3.39. The summed E-state index contributed by atoms with van der Waals surface area (Å²) >= 11 is 0. The molecule has 0 bridgehead atoms. The molecule has 2 aromatic rings. The molecule has 2 aromatic heterocycles. The maximum absolute atomic E-state index is 12.1. The Morgan fingerprint density at radius 3 is 2.76 bits per heavy atom. The van der Waals surface area contributed by atoms with Crippen molar-refractivity contribution in [2.24, 2.45) is 0 Å². The fraction of sp³-hybridized carbons (Fsp3) is 0.467. The molecule has 1 N–H and O–H groups in total. The predicted molar refractivity (Wildman–Crippen MR) is 79.4 cm³/mol. The maximum Gasteiger partial charge on any atom is 0.220 e. The van der Waals surface area contributed by atoms with E-state index in [0.29, 0.717) is 12.8 Å². The van der Waals surface area contributed by atoms with Crippen molar-refractivity contribution in [1.82, 2.24) is 25.1 Å². The number of nitrogens with one attached hydrogen (secondary N) is 1. The van der Waals surface area contributed by atoms with Gasteiger partial charge in [0.05, 0.1) is 6.04 Å². The largest absolute Gasteiger partial charge is 0.346 e. The van der Waals surface area contributed by atoms with Crippen molar-refractivity contribution in [1.29, 1.82) is 0 Å². The van der Waals surface area contributed by atoms with Gasteiger partial charge in [-0.25, -0.2) is 9.67 Å². The van der Waals surface area contributed by atoms with E-state index in [0.717, 1.165) is 24.4 Å². The zero-order valence-corrected chi connectivity index (χ0v) is 12.5. The molecule has 1 atom stereocenters. The van der Waals surface area contributed by atoms with Crippen LogP contribution in [0.1, 0.15) is 44.1 Å². The molecule has 2 heterocycles. The fourth-order valence-corrected chi connectivity index (χ4v) is 2.21. The molecule has 0 aliphatic rings. The standard InChI is InChI=1S/C15H21N5O/c1-3-13(15-17-11-18-20(15)4-2)19-14(21)6-5-12-7-9-16-10-8-12/h7-11,13H,3-6H2,1-2H3,(H,19,21). The number of rotatable bonds is 7. The van der Waals surface area contributed by atoms with Gasteiger partial charge in [0.15, 0.2) is 0 Å². The van der Waals surface area contributed by atoms with E-state index >= 15 is 0 Å². The van der Waals surface area contributed by atoms with Crippen LogP contribution in [0.25, 0.3) is 0 Å². The minimum absolute atomic E-state index is 0.0318. The number of nitrogens with zero attached hydrogens (tertiary/aromatic N) is 4. The third kappa shape index (κ3) is 4.11. The summed E-state index contributed by atoms with van der Waals surface area (Å²) in [5, 5.41) is 7.19. The molecule has 0 aliphatic carbocycles. The highest BCUT2D eigenvalue weighted by Crippen LogP contribution is 2.14. The Hall–Kier alpha value is -2.24. The number of aromatic nitrogens is 4. The summed E-state index contributed by atoms with van der Waals surface area (Å²) in [5.74, 6) is 0.849. The first kappa shape index (κ1) is 15.2. The quantitative estimate of drug-likeness (QED) is 0.844. The van der Waals surface area contributed by atoms with Crippen LogP contribution in [-0.4, -0.2) is 25.7 Å². The zero-order valence-electron chi connectivity index (χ0n) is 12.5. The SMILES string of the molecule is CCC(NC(=O)CCc1ccncc1)c1ncnn1CC. The van der Waals surface area contributed by atoms with E-state index in [1.807, 2.05) is 30.7 Å². The van der Waals surface area contributed by atoms with Crippen LogP contribution in [0.2, 0.25) is 0 Å². The lowest BCUT2D eigenvalue weighted by Gasteiger charge is -2.16. The van der Waals surface area contributed by atoms with E-state index < -0.39 is 0 Å². The van der Waals surface area contributed by atoms with Crippen LogP contribution in [0.5, 0.6) is 0 Å². The average Bonchev–Trinajstić information content (AvgIpc) is 3.00. The first-order valence-electron chi connectivity index (χ1n) is 7.30. The highest BCUT2D eigenvalue weighted by Gasteiger charge is 2.17. The smallest absolute Gasteiger partial charge is 0.220 e. The molecule has 0 saturated heterocycles. The van der Waals surface area contributed by atoms with Crippen LogP contribution in [0, 0.1) is 0 Å². The molecule has 112 valence electrons. The van der Waals surface area contributed by atoms with Crippen LogP contribution < -0.4 is 5.32 Å². The van der Waals surface area contributed by atoms with Crippen LogP contribution in [0.3, 0.4) is 0 Å². The second-order valence-electron chi connectivity index (χ2n) is 4.82. The number of carbonyl (C=O) groups is 1. The molecule has 0 aromatic carbocycles. The van der Waals surface area contributed by atoms with Gasteiger partial charge in [-0.3, -0.25) is 9.78 Å². The lowest BCUT2D eigenvalue weighted by atomic mass is 10.1. The van der Waals surface area contributed by atoms with E-state index in [-0.39, 0.29) is 11.9 Å². The van der Waals surface area contributed by atoms with Gasteiger partial charge < -0.3 is 5.32 Å². The molecule has 0 aliphatic heterocycles. The highest BCUT2D eigenvalue weighted by atomic mass is 16.1. The number of pyridine rings is 1. The Morgan fingerprint density at radius 2 is 2.10 bits per heavy atom. The molecule has 0 saturated carbocycles. The van der Waals surface area contributed by atoms with E-state index in [1.165, 1.54) is 6.33 Å². The summed E-state index contributed by atoms with van der Waals surface area (Å²) in [5.41, 5.74) is 1.12. The van der Waals surface area contributed by atoms with Gasteiger partial charge >= 0.3 is 0 Å². The number of carbonyl (C=O) groups excluding carboxylic acids is 1. The van der Waals surface area contributed by atoms with Crippen molar-refractivity contribution in [2.45, 2.75) is 45.7 Å². The third-order valence-electron chi connectivity index (χ3n) is 3.39. The summed E-state index contributed by atoms with van der Waals surface area (Å²) in [6, 6.07) is 3.77. The van der Waals surface area contributed by atoms with Crippen molar-refractivity contribution >= 4 is 5.91 Å². The molecule has 0 radical (unpaired) electrons. The molecule has 0 spiro atoms. The lowest BCUT2D eigenvalue weighted by Crippen LogP contribution is -2.30. The lowest BCUT2D eigenvalue weighted by molar-refractivity contribution is -0.121. The number of amides is 1. The molecule has 6 nitrogen and oxygen atoms in total. The first-order valence-corrected chi connectivity index (χ1v) is 7.30. The average molecular weight is 287 g/mol. The van der Waals surface area contributed by atoms with Crippen molar-refractivity contribution in [3.8, 4) is 0 Å². The molecular weight excluding hydrogens is 266 g/mol. The summed E-state index contributed by atoms with van der Waals surface area (Å²) in [7, 11) is 0. The normalized spacial score (nSPS) is 12.1. The zero-order chi connectivity index (χ0) is 15.1. The Bertz CT molecular complexity index is 566. The molecule has 1 amide bonds. The van der Waals surface area contributed by atoms with Gasteiger partial charge in [0.1, 0.15) is 12.2 Å². The van der Waals surface area contributed by atoms with Gasteiger partial charge in [0, 0.05) is 25.4 Å². The number of hydrogen-bond donors (Lipinski definition) is 1. The molecule has 2 rings (SSSR count). The van der Waals surface area contributed by atoms with E-state index in [4.69, 9.17) is 0 Å². The highest BCUT2D eigenvalue weighted by molar-refractivity contribution is 5.76. The first-order chi connectivity index (χ1) is 10.2. The van der Waals surface area contributed by atoms with Crippen LogP contribution in [0.15, 0.2) is 30.9 Å². The topological polar surface area (TPSA) is 72.7 Å². The van der Waals surface area contributed by atoms with Crippen LogP contribution in [-0.2, 0) is 17.8 Å². The minimum Gasteiger partial charge on any atom is -0.346 e. The van der Waals surface area contributed by atoms with Gasteiger partial charge in [-0.1, -0.05) is 6.92 Å². The molecule has 1 unspecified atom stereocenters. The Labute approximate surface area is 124 Å². The molecule has 21 heavy (non-hydrogen) atoms. The second kappa shape index (κ2) is 7.52. The summed E-state index contributed by atoms with van der Waals surface area (Å²) in [4.78, 5) is 20.3. The fourth-order valence-electron chi connectivity index (χ4n) is 2.21. The van der Waals surface area contributed by atoms with Gasteiger partial charge in [-0.05, 0) is 37.5 Å². The van der Waals surface area contributed by atoms with Crippen LogP contribution >= 0.6 is 0 Å². The van der Waals surface area contributed by atoms with E-state index in [2.05, 4.69) is 20.4 Å². The summed E-state index contributed by atoms with van der Waals surface area (Å²) in [6.07, 6.45) is 6.98. The summed E-state index contributed by atoms with van der Waals surface area (Å²) in [6.45, 7) is 4.79. The number of aryl methyl sites for hydroxylation is 2. The summed E-state index contributed by atoms with van der Waals surface area (Å²) < 4.78 is 1.82. The van der Waals surface area contributed by atoms with Crippen molar-refractivity contribution in [2.75, 3.05) is 0 Å². The second-order valence-corrected chi connectivity index (χ2v) is 4.82. The van der Waals surface area contributed by atoms with Gasteiger partial charge in [-0.15, -0.1) is 0 Å². The van der Waals surface area contributed by atoms with Gasteiger partial charge in [0.2, 0.25) is 5.91 Å². The van der Waals surface area contributed by atoms with Gasteiger partial charge in [-0.2, -0.15) is 5.10 Å². The minimum atomic E-state index is -0.0857. The molecule has 6 heteroatoms. The van der Waals surface area contributed by atoms with Crippen molar-refractivity contribution in [3.05, 3.63) is 42.2 Å². The maximum atomic E-state index is 12.1. The molecular formula is C15H21N5O. The Balaban J connectivity index is 1.91. The van der Waals surface area contributed by atoms with E-state index in [9.17, 15) is 4.79 Å². The predicted octanol–water partition coefficient (Wildman–Crippen LogP) is 1.89. The van der Waals surface area contributed by atoms with Crippen molar-refractivity contribution in [3.63, 3.8) is 0 Å². The Morgan fingerprint density at radius 1 is 1.33 bits per heavy atom. The van der Waals surface area contributed by atoms with E-state index in [1.54, 1.807) is 12.4 Å². The van der Waals surface area contributed by atoms with Crippen LogP contribution in [0.4, 0.5) is 0 Å². The monoisotopic (exact) mass is 287 g/mol. The van der Waals surface area contributed by atoms with Crippen molar-refractivity contribution < 1.29 is 4.79 Å². The molecule has 0 fully saturated rings. The number of hydrogen-bond acceptors (Lipinski definition) is 4. The van der Waals surface area contributed by atoms with Gasteiger partial charge in [0.25, 0.3) is 0 Å².